The lowest BCUT2D eigenvalue weighted by Gasteiger charge is -2.36. The number of hydrogen-bond acceptors (Lipinski definition) is 4. The summed E-state index contributed by atoms with van der Waals surface area (Å²) in [6.07, 6.45) is 5.43. The van der Waals surface area contributed by atoms with E-state index in [4.69, 9.17) is 4.74 Å². The molecule has 2 saturated heterocycles. The van der Waals surface area contributed by atoms with E-state index in [-0.39, 0.29) is 11.9 Å². The molecule has 0 saturated carbocycles. The van der Waals surface area contributed by atoms with Crippen molar-refractivity contribution in [2.45, 2.75) is 50.7 Å². The Morgan fingerprint density at radius 2 is 1.95 bits per heavy atom. The Labute approximate surface area is 122 Å². The highest BCUT2D eigenvalue weighted by atomic mass is 16.5. The summed E-state index contributed by atoms with van der Waals surface area (Å²) in [5.74, 6) is 0.0611. The molecule has 5 heteroatoms. The van der Waals surface area contributed by atoms with Gasteiger partial charge in [0.05, 0.1) is 0 Å². The molecular weight excluding hydrogens is 254 g/mol. The number of piperidine rings is 2. The number of nitrogens with one attached hydrogen (secondary N) is 2. The van der Waals surface area contributed by atoms with Crippen molar-refractivity contribution < 1.29 is 9.53 Å². The Bertz CT molecular complexity index is 310. The van der Waals surface area contributed by atoms with Crippen molar-refractivity contribution in [1.29, 1.82) is 0 Å². The molecule has 2 aliphatic heterocycles. The summed E-state index contributed by atoms with van der Waals surface area (Å²) < 4.78 is 5.57. The molecule has 1 unspecified atom stereocenters. The van der Waals surface area contributed by atoms with Crippen LogP contribution in [0.25, 0.3) is 0 Å². The number of nitrogens with zero attached hydrogens (tertiary/aromatic N) is 1. The van der Waals surface area contributed by atoms with Gasteiger partial charge in [-0.25, -0.2) is 0 Å². The van der Waals surface area contributed by atoms with Crippen LogP contribution in [-0.4, -0.2) is 62.3 Å². The number of carbonyl (C=O) groups excluding carboxylic acids is 1. The van der Waals surface area contributed by atoms with Crippen LogP contribution < -0.4 is 10.6 Å². The summed E-state index contributed by atoms with van der Waals surface area (Å²) in [4.78, 5) is 15.0. The zero-order valence-electron chi connectivity index (χ0n) is 12.9. The van der Waals surface area contributed by atoms with Gasteiger partial charge in [-0.3, -0.25) is 4.79 Å². The molecule has 0 aromatic carbocycles. The Balaban J connectivity index is 1.82. The van der Waals surface area contributed by atoms with E-state index in [1.54, 1.807) is 7.11 Å². The van der Waals surface area contributed by atoms with Crippen LogP contribution in [-0.2, 0) is 9.53 Å². The quantitative estimate of drug-likeness (QED) is 0.782. The molecule has 2 rings (SSSR count). The molecule has 1 amide bonds. The van der Waals surface area contributed by atoms with E-state index in [9.17, 15) is 4.79 Å². The smallest absolute Gasteiger partial charge is 0.252 e. The number of likely N-dealkylation sites (tertiary alicyclic amines) is 1. The zero-order valence-corrected chi connectivity index (χ0v) is 12.9. The van der Waals surface area contributed by atoms with Gasteiger partial charge >= 0.3 is 0 Å². The van der Waals surface area contributed by atoms with Crippen LogP contribution in [0.1, 0.15) is 39.0 Å². The molecule has 1 atom stereocenters. The van der Waals surface area contributed by atoms with Gasteiger partial charge in [0.1, 0.15) is 5.60 Å². The maximum Gasteiger partial charge on any atom is 0.252 e. The lowest BCUT2D eigenvalue weighted by atomic mass is 9.91. The fourth-order valence-electron chi connectivity index (χ4n) is 3.28. The van der Waals surface area contributed by atoms with E-state index in [0.717, 1.165) is 32.5 Å². The van der Waals surface area contributed by atoms with Crippen LogP contribution in [0.5, 0.6) is 0 Å². The van der Waals surface area contributed by atoms with Crippen LogP contribution in [0.4, 0.5) is 0 Å². The first-order valence-electron chi connectivity index (χ1n) is 7.95. The molecule has 20 heavy (non-hydrogen) atoms. The van der Waals surface area contributed by atoms with Crippen LogP contribution in [0, 0.1) is 0 Å². The van der Waals surface area contributed by atoms with Gasteiger partial charge in [-0.15, -0.1) is 0 Å². The van der Waals surface area contributed by atoms with Crippen molar-refractivity contribution in [1.82, 2.24) is 15.5 Å². The molecule has 0 aromatic heterocycles. The van der Waals surface area contributed by atoms with Gasteiger partial charge in [0, 0.05) is 19.7 Å². The molecule has 0 radical (unpaired) electrons. The second kappa shape index (κ2) is 7.38. The van der Waals surface area contributed by atoms with Crippen molar-refractivity contribution in [3.63, 3.8) is 0 Å². The highest BCUT2D eigenvalue weighted by molar-refractivity contribution is 5.85. The molecule has 0 aromatic rings. The van der Waals surface area contributed by atoms with E-state index in [2.05, 4.69) is 22.5 Å². The average Bonchev–Trinajstić information content (AvgIpc) is 2.48. The summed E-state index contributed by atoms with van der Waals surface area (Å²) in [6, 6.07) is 0.183. The van der Waals surface area contributed by atoms with Gasteiger partial charge in [0.15, 0.2) is 0 Å². The third-order valence-electron chi connectivity index (χ3n) is 4.57. The minimum Gasteiger partial charge on any atom is -0.368 e. The summed E-state index contributed by atoms with van der Waals surface area (Å²) in [5, 5.41) is 6.43. The van der Waals surface area contributed by atoms with Gasteiger partial charge in [-0.2, -0.15) is 0 Å². The first-order chi connectivity index (χ1) is 9.66. The third-order valence-corrected chi connectivity index (χ3v) is 4.57. The average molecular weight is 283 g/mol. The highest BCUT2D eigenvalue weighted by Crippen LogP contribution is 2.22. The summed E-state index contributed by atoms with van der Waals surface area (Å²) >= 11 is 0. The van der Waals surface area contributed by atoms with E-state index in [1.807, 2.05) is 0 Å². The number of rotatable bonds is 5. The SMILES string of the molecule is COC1(C(=O)NC(C)CN2CCCCC2)CCNCC1. The Kier molecular flexibility index (Phi) is 5.81. The largest absolute Gasteiger partial charge is 0.368 e. The molecule has 0 aliphatic carbocycles. The van der Waals surface area contributed by atoms with Crippen LogP contribution >= 0.6 is 0 Å². The standard InChI is InChI=1S/C15H29N3O2/c1-13(12-18-10-4-3-5-11-18)17-14(19)15(20-2)6-8-16-9-7-15/h13,16H,3-12H2,1-2H3,(H,17,19). The minimum absolute atomic E-state index is 0.0611. The van der Waals surface area contributed by atoms with E-state index in [0.29, 0.717) is 0 Å². The molecule has 2 fully saturated rings. The molecule has 0 spiro atoms. The van der Waals surface area contributed by atoms with Crippen LogP contribution in [0.3, 0.4) is 0 Å². The van der Waals surface area contributed by atoms with Crippen molar-refractivity contribution in [3.05, 3.63) is 0 Å². The molecule has 2 aliphatic rings. The van der Waals surface area contributed by atoms with Crippen LogP contribution in [0.15, 0.2) is 0 Å². The number of methoxy groups -OCH3 is 1. The monoisotopic (exact) mass is 283 g/mol. The second-order valence-corrected chi connectivity index (χ2v) is 6.18. The van der Waals surface area contributed by atoms with E-state index < -0.39 is 5.60 Å². The lowest BCUT2D eigenvalue weighted by molar-refractivity contribution is -0.147. The summed E-state index contributed by atoms with van der Waals surface area (Å²) in [7, 11) is 1.65. The molecule has 2 N–H and O–H groups in total. The van der Waals surface area contributed by atoms with Gasteiger partial charge in [-0.05, 0) is 58.8 Å². The molecule has 116 valence electrons. The lowest BCUT2D eigenvalue weighted by Crippen LogP contribution is -2.57. The number of ether oxygens (including phenoxy) is 1. The van der Waals surface area contributed by atoms with Gasteiger partial charge in [0.2, 0.25) is 0 Å². The zero-order chi connectivity index (χ0) is 14.4. The highest BCUT2D eigenvalue weighted by Gasteiger charge is 2.40. The Hall–Kier alpha value is -0.650. The topological polar surface area (TPSA) is 53.6 Å². The van der Waals surface area contributed by atoms with Crippen LogP contribution in [0.2, 0.25) is 0 Å². The maximum atomic E-state index is 12.5. The van der Waals surface area contributed by atoms with Crippen molar-refractivity contribution in [2.75, 3.05) is 39.8 Å². The van der Waals surface area contributed by atoms with Gasteiger partial charge < -0.3 is 20.3 Å². The first kappa shape index (κ1) is 15.7. The Morgan fingerprint density at radius 3 is 2.55 bits per heavy atom. The number of carbonyl (C=O) groups is 1. The normalized spacial score (nSPS) is 25.1. The summed E-state index contributed by atoms with van der Waals surface area (Å²) in [5.41, 5.74) is -0.624. The van der Waals surface area contributed by atoms with Crippen molar-refractivity contribution >= 4 is 5.91 Å². The molecular formula is C15H29N3O2. The first-order valence-corrected chi connectivity index (χ1v) is 7.95. The van der Waals surface area contributed by atoms with Crippen molar-refractivity contribution in [2.24, 2.45) is 0 Å². The van der Waals surface area contributed by atoms with Gasteiger partial charge in [0.25, 0.3) is 5.91 Å². The molecule has 0 bridgehead atoms. The third kappa shape index (κ3) is 3.93. The predicted molar refractivity (Wildman–Crippen MR) is 79.7 cm³/mol. The van der Waals surface area contributed by atoms with Crippen molar-refractivity contribution in [3.8, 4) is 0 Å². The number of hydrogen-bond donors (Lipinski definition) is 2. The fraction of sp³-hybridized carbons (Fsp3) is 0.933. The van der Waals surface area contributed by atoms with E-state index in [1.165, 1.54) is 32.4 Å². The van der Waals surface area contributed by atoms with E-state index >= 15 is 0 Å². The number of amides is 1. The fourth-order valence-corrected chi connectivity index (χ4v) is 3.28. The van der Waals surface area contributed by atoms with Gasteiger partial charge in [-0.1, -0.05) is 6.42 Å². The molecule has 2 heterocycles. The predicted octanol–water partition coefficient (Wildman–Crippen LogP) is 0.746. The summed E-state index contributed by atoms with van der Waals surface area (Å²) in [6.45, 7) is 7.07. The minimum atomic E-state index is -0.624. The second-order valence-electron chi connectivity index (χ2n) is 6.18. The molecule has 5 nitrogen and oxygen atoms in total. The maximum absolute atomic E-state index is 12.5. The Morgan fingerprint density at radius 1 is 1.30 bits per heavy atom.